The molecule has 2 aromatic heterocycles. The molecule has 6 heteroatoms. The van der Waals surface area contributed by atoms with Crippen LogP contribution in [0.4, 0.5) is 0 Å². The van der Waals surface area contributed by atoms with E-state index in [1.807, 2.05) is 42.5 Å². The lowest BCUT2D eigenvalue weighted by Crippen LogP contribution is -2.28. The molecule has 1 saturated heterocycles. The van der Waals surface area contributed by atoms with Gasteiger partial charge in [0.15, 0.2) is 5.76 Å². The molecule has 1 amide bonds. The van der Waals surface area contributed by atoms with Gasteiger partial charge < -0.3 is 15.1 Å². The summed E-state index contributed by atoms with van der Waals surface area (Å²) >= 11 is 0. The van der Waals surface area contributed by atoms with Crippen LogP contribution in [0.2, 0.25) is 0 Å². The summed E-state index contributed by atoms with van der Waals surface area (Å²) in [6, 6.07) is 15.1. The van der Waals surface area contributed by atoms with Crippen molar-refractivity contribution in [2.24, 2.45) is 5.92 Å². The lowest BCUT2D eigenvalue weighted by atomic mass is 10.1. The molecule has 1 fully saturated rings. The molecule has 26 heavy (non-hydrogen) atoms. The van der Waals surface area contributed by atoms with E-state index < -0.39 is 0 Å². The molecular formula is C20H22N4O2. The molecule has 3 aromatic rings. The Balaban J connectivity index is 1.55. The topological polar surface area (TPSA) is 72.1 Å². The number of amides is 1. The first-order chi connectivity index (χ1) is 12.8. The van der Waals surface area contributed by atoms with E-state index in [1.165, 1.54) is 6.42 Å². The minimum absolute atomic E-state index is 0.120. The van der Waals surface area contributed by atoms with Crippen LogP contribution in [-0.2, 0) is 0 Å². The minimum atomic E-state index is -0.120. The number of rotatable bonds is 6. The average Bonchev–Trinajstić information content (AvgIpc) is 3.42. The molecule has 0 radical (unpaired) electrons. The van der Waals surface area contributed by atoms with Gasteiger partial charge in [-0.1, -0.05) is 18.2 Å². The van der Waals surface area contributed by atoms with Crippen LogP contribution in [-0.4, -0.2) is 35.3 Å². The lowest BCUT2D eigenvalue weighted by molar-refractivity contribution is 0.0944. The van der Waals surface area contributed by atoms with Gasteiger partial charge in [-0.05, 0) is 56.1 Å². The normalized spacial score (nSPS) is 16.7. The third-order valence-corrected chi connectivity index (χ3v) is 4.72. The van der Waals surface area contributed by atoms with Crippen molar-refractivity contribution in [1.29, 1.82) is 0 Å². The molecule has 4 rings (SSSR count). The first-order valence-electron chi connectivity index (χ1n) is 8.99. The number of hydrogen-bond acceptors (Lipinski definition) is 4. The molecule has 1 unspecified atom stereocenters. The third-order valence-electron chi connectivity index (χ3n) is 4.72. The van der Waals surface area contributed by atoms with E-state index in [1.54, 1.807) is 17.0 Å². The zero-order chi connectivity index (χ0) is 17.8. The van der Waals surface area contributed by atoms with Gasteiger partial charge in [0.25, 0.3) is 5.91 Å². The SMILES string of the molecule is O=C(NCCC1CCNC1)c1cc(-c2ccco2)nn1-c1ccccc1. The van der Waals surface area contributed by atoms with Crippen molar-refractivity contribution in [2.75, 3.05) is 19.6 Å². The highest BCUT2D eigenvalue weighted by Gasteiger charge is 2.19. The Morgan fingerprint density at radius 2 is 2.15 bits per heavy atom. The largest absolute Gasteiger partial charge is 0.463 e. The Bertz CT molecular complexity index is 849. The van der Waals surface area contributed by atoms with Crippen molar-refractivity contribution < 1.29 is 9.21 Å². The molecule has 0 saturated carbocycles. The van der Waals surface area contributed by atoms with E-state index in [0.717, 1.165) is 25.2 Å². The van der Waals surface area contributed by atoms with Crippen LogP contribution in [0, 0.1) is 5.92 Å². The van der Waals surface area contributed by atoms with Crippen LogP contribution in [0.25, 0.3) is 17.1 Å². The molecule has 0 spiro atoms. The number of carbonyl (C=O) groups excluding carboxylic acids is 1. The summed E-state index contributed by atoms with van der Waals surface area (Å²) in [5, 5.41) is 11.0. The maximum atomic E-state index is 12.8. The van der Waals surface area contributed by atoms with Crippen LogP contribution >= 0.6 is 0 Å². The molecular weight excluding hydrogens is 328 g/mol. The van der Waals surface area contributed by atoms with Gasteiger partial charge >= 0.3 is 0 Å². The number of nitrogens with zero attached hydrogens (tertiary/aromatic N) is 2. The second-order valence-electron chi connectivity index (χ2n) is 6.54. The van der Waals surface area contributed by atoms with Gasteiger partial charge in [-0.15, -0.1) is 0 Å². The summed E-state index contributed by atoms with van der Waals surface area (Å²) < 4.78 is 7.11. The van der Waals surface area contributed by atoms with Crippen molar-refractivity contribution >= 4 is 5.91 Å². The van der Waals surface area contributed by atoms with Crippen molar-refractivity contribution in [3.05, 3.63) is 60.5 Å². The Kier molecular flexibility index (Phi) is 4.84. The van der Waals surface area contributed by atoms with Crippen LogP contribution in [0.5, 0.6) is 0 Å². The third kappa shape index (κ3) is 3.55. The van der Waals surface area contributed by atoms with E-state index in [9.17, 15) is 4.79 Å². The van der Waals surface area contributed by atoms with Crippen molar-refractivity contribution in [1.82, 2.24) is 20.4 Å². The van der Waals surface area contributed by atoms with Gasteiger partial charge in [-0.25, -0.2) is 4.68 Å². The minimum Gasteiger partial charge on any atom is -0.463 e. The number of benzene rings is 1. The molecule has 1 aromatic carbocycles. The molecule has 3 heterocycles. The standard InChI is InChI=1S/C20H22N4O2/c25-20(22-11-9-15-8-10-21-14-15)18-13-17(19-7-4-12-26-19)23-24(18)16-5-2-1-3-6-16/h1-7,12-13,15,21H,8-11,14H2,(H,22,25). The summed E-state index contributed by atoms with van der Waals surface area (Å²) in [4.78, 5) is 12.8. The highest BCUT2D eigenvalue weighted by atomic mass is 16.3. The number of hydrogen-bond donors (Lipinski definition) is 2. The van der Waals surface area contributed by atoms with E-state index in [4.69, 9.17) is 4.42 Å². The molecule has 1 aliphatic rings. The smallest absolute Gasteiger partial charge is 0.270 e. The Hall–Kier alpha value is -2.86. The molecule has 0 aliphatic carbocycles. The monoisotopic (exact) mass is 350 g/mol. The summed E-state index contributed by atoms with van der Waals surface area (Å²) in [5.74, 6) is 1.17. The number of nitrogens with one attached hydrogen (secondary N) is 2. The Labute approximate surface area is 152 Å². The number of furan rings is 1. The Morgan fingerprint density at radius 1 is 1.27 bits per heavy atom. The van der Waals surface area contributed by atoms with E-state index in [2.05, 4.69) is 15.7 Å². The predicted molar refractivity (Wildman–Crippen MR) is 99.2 cm³/mol. The maximum Gasteiger partial charge on any atom is 0.270 e. The zero-order valence-electron chi connectivity index (χ0n) is 14.5. The average molecular weight is 350 g/mol. The zero-order valence-corrected chi connectivity index (χ0v) is 14.5. The fourth-order valence-electron chi connectivity index (χ4n) is 3.29. The number of para-hydroxylation sites is 1. The second-order valence-corrected chi connectivity index (χ2v) is 6.54. The van der Waals surface area contributed by atoms with Crippen molar-refractivity contribution in [2.45, 2.75) is 12.8 Å². The lowest BCUT2D eigenvalue weighted by Gasteiger charge is -2.10. The van der Waals surface area contributed by atoms with Crippen LogP contribution in [0.1, 0.15) is 23.3 Å². The predicted octanol–water partition coefficient (Wildman–Crippen LogP) is 2.86. The summed E-state index contributed by atoms with van der Waals surface area (Å²) in [6.45, 7) is 2.79. The summed E-state index contributed by atoms with van der Waals surface area (Å²) in [7, 11) is 0. The molecule has 1 atom stereocenters. The van der Waals surface area contributed by atoms with Crippen LogP contribution < -0.4 is 10.6 Å². The van der Waals surface area contributed by atoms with E-state index in [0.29, 0.717) is 29.6 Å². The van der Waals surface area contributed by atoms with Crippen LogP contribution in [0.15, 0.2) is 59.2 Å². The summed E-state index contributed by atoms with van der Waals surface area (Å²) in [5.41, 5.74) is 1.99. The van der Waals surface area contributed by atoms with Crippen molar-refractivity contribution in [3.63, 3.8) is 0 Å². The van der Waals surface area contributed by atoms with Crippen LogP contribution in [0.3, 0.4) is 0 Å². The van der Waals surface area contributed by atoms with Gasteiger partial charge in [-0.3, -0.25) is 4.79 Å². The van der Waals surface area contributed by atoms with Crippen molar-refractivity contribution in [3.8, 4) is 17.1 Å². The highest BCUT2D eigenvalue weighted by molar-refractivity contribution is 5.94. The van der Waals surface area contributed by atoms with Gasteiger partial charge in [-0.2, -0.15) is 5.10 Å². The fourth-order valence-corrected chi connectivity index (χ4v) is 3.29. The second kappa shape index (κ2) is 7.58. The van der Waals surface area contributed by atoms with E-state index in [-0.39, 0.29) is 5.91 Å². The molecule has 2 N–H and O–H groups in total. The van der Waals surface area contributed by atoms with Gasteiger partial charge in [0.1, 0.15) is 11.4 Å². The molecule has 0 bridgehead atoms. The Morgan fingerprint density at radius 3 is 2.88 bits per heavy atom. The molecule has 134 valence electrons. The molecule has 1 aliphatic heterocycles. The van der Waals surface area contributed by atoms with Gasteiger partial charge in [0.05, 0.1) is 12.0 Å². The first kappa shape index (κ1) is 16.6. The quantitative estimate of drug-likeness (QED) is 0.717. The van der Waals surface area contributed by atoms with Gasteiger partial charge in [0, 0.05) is 12.6 Å². The maximum absolute atomic E-state index is 12.8. The first-order valence-corrected chi connectivity index (χ1v) is 8.99. The summed E-state index contributed by atoms with van der Waals surface area (Å²) in [6.07, 6.45) is 3.77. The fraction of sp³-hybridized carbons (Fsp3) is 0.300. The van der Waals surface area contributed by atoms with E-state index >= 15 is 0 Å². The van der Waals surface area contributed by atoms with Gasteiger partial charge in [0.2, 0.25) is 0 Å². The number of carbonyl (C=O) groups is 1. The highest BCUT2D eigenvalue weighted by Crippen LogP contribution is 2.22. The molecule has 6 nitrogen and oxygen atoms in total. The number of aromatic nitrogens is 2.